The van der Waals surface area contributed by atoms with Crippen LogP contribution >= 0.6 is 22.6 Å². The zero-order valence-electron chi connectivity index (χ0n) is 13.4. The average Bonchev–Trinajstić information content (AvgIpc) is 3.38. The molecular weight excluding hydrogens is 431 g/mol. The minimum Gasteiger partial charge on any atom is -0.325 e. The highest BCUT2D eigenvalue weighted by molar-refractivity contribution is 14.1. The molecular formula is C19H17IN2O3. The van der Waals surface area contributed by atoms with Crippen LogP contribution in [0.5, 0.6) is 0 Å². The predicted octanol–water partition coefficient (Wildman–Crippen LogP) is 2.28. The molecule has 6 atom stereocenters. The number of carbonyl (C=O) groups excluding carboxylic acids is 3. The van der Waals surface area contributed by atoms with Crippen molar-refractivity contribution in [3.63, 3.8) is 0 Å². The fourth-order valence-electron chi connectivity index (χ4n) is 5.05. The maximum Gasteiger partial charge on any atom is 0.244 e. The van der Waals surface area contributed by atoms with Crippen LogP contribution in [0, 0.1) is 39.1 Å². The number of nitrogens with one attached hydrogen (secondary N) is 1. The smallest absolute Gasteiger partial charge is 0.244 e. The highest BCUT2D eigenvalue weighted by Gasteiger charge is 2.67. The number of hydrogen-bond acceptors (Lipinski definition) is 3. The Morgan fingerprint density at radius 1 is 1.04 bits per heavy atom. The third-order valence-corrected chi connectivity index (χ3v) is 6.90. The molecule has 0 spiro atoms. The van der Waals surface area contributed by atoms with Gasteiger partial charge in [0.25, 0.3) is 0 Å². The van der Waals surface area contributed by atoms with Crippen molar-refractivity contribution in [2.75, 3.05) is 11.9 Å². The van der Waals surface area contributed by atoms with E-state index in [1.165, 1.54) is 4.90 Å². The number of hydrogen-bond donors (Lipinski definition) is 1. The van der Waals surface area contributed by atoms with Gasteiger partial charge in [-0.25, -0.2) is 0 Å². The van der Waals surface area contributed by atoms with Gasteiger partial charge in [0.1, 0.15) is 6.54 Å². The first-order valence-electron chi connectivity index (χ1n) is 8.63. The van der Waals surface area contributed by atoms with Gasteiger partial charge in [-0.15, -0.1) is 0 Å². The normalized spacial score (nSPS) is 37.1. The summed E-state index contributed by atoms with van der Waals surface area (Å²) in [6.07, 6.45) is 5.42. The van der Waals surface area contributed by atoms with E-state index < -0.39 is 0 Å². The van der Waals surface area contributed by atoms with E-state index in [9.17, 15) is 14.4 Å². The summed E-state index contributed by atoms with van der Waals surface area (Å²) in [5.74, 6) is 0.431. The molecule has 1 heterocycles. The summed E-state index contributed by atoms with van der Waals surface area (Å²) in [7, 11) is 0. The molecule has 5 aliphatic rings. The second-order valence-electron chi connectivity index (χ2n) is 7.47. The Hall–Kier alpha value is -1.70. The molecule has 0 aromatic heterocycles. The Kier molecular flexibility index (Phi) is 3.36. The molecule has 1 N–H and O–H groups in total. The Morgan fingerprint density at radius 2 is 1.60 bits per heavy atom. The lowest BCUT2D eigenvalue weighted by Crippen LogP contribution is -2.40. The topological polar surface area (TPSA) is 66.5 Å². The van der Waals surface area contributed by atoms with Crippen LogP contribution in [0.15, 0.2) is 36.4 Å². The maximum atomic E-state index is 12.8. The van der Waals surface area contributed by atoms with Crippen LogP contribution in [0.2, 0.25) is 0 Å². The van der Waals surface area contributed by atoms with Crippen molar-refractivity contribution in [1.29, 1.82) is 0 Å². The van der Waals surface area contributed by atoms with Crippen molar-refractivity contribution in [3.8, 4) is 0 Å². The summed E-state index contributed by atoms with van der Waals surface area (Å²) in [6.45, 7) is -0.189. The van der Waals surface area contributed by atoms with E-state index in [0.29, 0.717) is 17.5 Å². The number of allylic oxidation sites excluding steroid dienone is 2. The van der Waals surface area contributed by atoms with Crippen LogP contribution in [0.1, 0.15) is 6.42 Å². The van der Waals surface area contributed by atoms with Gasteiger partial charge in [0, 0.05) is 9.26 Å². The number of imide groups is 1. The molecule has 1 aromatic rings. The van der Waals surface area contributed by atoms with Gasteiger partial charge in [-0.2, -0.15) is 0 Å². The third kappa shape index (κ3) is 2.29. The molecule has 1 aromatic carbocycles. The Bertz CT molecular complexity index is 782. The first-order chi connectivity index (χ1) is 12.0. The van der Waals surface area contributed by atoms with E-state index >= 15 is 0 Å². The first-order valence-corrected chi connectivity index (χ1v) is 9.71. The summed E-state index contributed by atoms with van der Waals surface area (Å²) < 4.78 is 1.08. The fraction of sp³-hybridized carbons (Fsp3) is 0.421. The van der Waals surface area contributed by atoms with Crippen LogP contribution in [0.3, 0.4) is 0 Å². The summed E-state index contributed by atoms with van der Waals surface area (Å²) in [5.41, 5.74) is 0.671. The monoisotopic (exact) mass is 448 g/mol. The van der Waals surface area contributed by atoms with Gasteiger partial charge in [-0.1, -0.05) is 12.2 Å². The van der Waals surface area contributed by atoms with Crippen LogP contribution in [-0.2, 0) is 14.4 Å². The van der Waals surface area contributed by atoms with E-state index in [-0.39, 0.29) is 47.9 Å². The van der Waals surface area contributed by atoms with Crippen LogP contribution < -0.4 is 5.32 Å². The Balaban J connectivity index is 1.32. The van der Waals surface area contributed by atoms with Crippen LogP contribution in [-0.4, -0.2) is 29.2 Å². The van der Waals surface area contributed by atoms with Crippen molar-refractivity contribution < 1.29 is 14.4 Å². The van der Waals surface area contributed by atoms with E-state index in [1.54, 1.807) is 0 Å². The third-order valence-electron chi connectivity index (χ3n) is 6.18. The molecule has 0 unspecified atom stereocenters. The van der Waals surface area contributed by atoms with Crippen molar-refractivity contribution in [1.82, 2.24) is 4.90 Å². The van der Waals surface area contributed by atoms with Gasteiger partial charge in [0.15, 0.2) is 0 Å². The summed E-state index contributed by atoms with van der Waals surface area (Å²) in [5, 5.41) is 2.77. The van der Waals surface area contributed by atoms with Gasteiger partial charge in [0.05, 0.1) is 11.8 Å². The van der Waals surface area contributed by atoms with Gasteiger partial charge < -0.3 is 5.32 Å². The zero-order chi connectivity index (χ0) is 17.3. The lowest BCUT2D eigenvalue weighted by atomic mass is 9.63. The molecule has 128 valence electrons. The number of rotatable bonds is 3. The van der Waals surface area contributed by atoms with Gasteiger partial charge in [-0.05, 0) is 76.9 Å². The number of likely N-dealkylation sites (tertiary alicyclic amines) is 1. The lowest BCUT2D eigenvalue weighted by molar-refractivity contribution is -0.142. The fourth-order valence-corrected chi connectivity index (χ4v) is 5.41. The summed E-state index contributed by atoms with van der Waals surface area (Å²) in [4.78, 5) is 39.2. The maximum absolute atomic E-state index is 12.8. The number of halogens is 1. The predicted molar refractivity (Wildman–Crippen MR) is 99.2 cm³/mol. The molecule has 1 saturated heterocycles. The largest absolute Gasteiger partial charge is 0.325 e. The molecule has 3 fully saturated rings. The molecule has 2 saturated carbocycles. The molecule has 1 aliphatic heterocycles. The van der Waals surface area contributed by atoms with Gasteiger partial charge in [0.2, 0.25) is 17.7 Å². The van der Waals surface area contributed by atoms with Crippen molar-refractivity contribution in [2.24, 2.45) is 35.5 Å². The van der Waals surface area contributed by atoms with Crippen molar-refractivity contribution >= 4 is 46.0 Å². The molecule has 6 heteroatoms. The Morgan fingerprint density at radius 3 is 2.16 bits per heavy atom. The molecule has 25 heavy (non-hydrogen) atoms. The van der Waals surface area contributed by atoms with Crippen molar-refractivity contribution in [2.45, 2.75) is 6.42 Å². The highest BCUT2D eigenvalue weighted by atomic mass is 127. The molecule has 2 bridgehead atoms. The number of carbonyl (C=O) groups is 3. The molecule has 5 nitrogen and oxygen atoms in total. The SMILES string of the molecule is O=C(CN1C(=O)[C@@H]2[C@@H]3C=C[C@H]([C@@H]4C[C@H]34)[C@@H]2C1=O)Nc1ccc(I)cc1. The van der Waals surface area contributed by atoms with E-state index in [4.69, 9.17) is 0 Å². The van der Waals surface area contributed by atoms with Gasteiger partial charge >= 0.3 is 0 Å². The standard InChI is InChI=1S/C19H17IN2O3/c20-9-1-3-10(4-2-9)21-15(23)8-22-18(24)16-11-5-6-12(14-7-13(11)14)17(16)19(22)25/h1-6,11-14,16-17H,7-8H2,(H,21,23)/t11-,12-,13-,14+,16-,17+/m1/s1. The Labute approximate surface area is 159 Å². The molecule has 6 rings (SSSR count). The molecule has 3 amide bonds. The van der Waals surface area contributed by atoms with E-state index in [2.05, 4.69) is 40.1 Å². The van der Waals surface area contributed by atoms with Crippen molar-refractivity contribution in [3.05, 3.63) is 40.0 Å². The quantitative estimate of drug-likeness (QED) is 0.439. The summed E-state index contributed by atoms with van der Waals surface area (Å²) in [6, 6.07) is 7.41. The minimum absolute atomic E-state index is 0.155. The number of nitrogens with zero attached hydrogens (tertiary/aromatic N) is 1. The van der Waals surface area contributed by atoms with E-state index in [1.807, 2.05) is 24.3 Å². The number of benzene rings is 1. The first kappa shape index (κ1) is 15.5. The molecule has 0 radical (unpaired) electrons. The van der Waals surface area contributed by atoms with E-state index in [0.717, 1.165) is 9.99 Å². The number of amides is 3. The minimum atomic E-state index is -0.327. The van der Waals surface area contributed by atoms with Gasteiger partial charge in [-0.3, -0.25) is 19.3 Å². The van der Waals surface area contributed by atoms with Crippen LogP contribution in [0.25, 0.3) is 0 Å². The molecule has 4 aliphatic carbocycles. The number of anilines is 1. The van der Waals surface area contributed by atoms with Crippen LogP contribution in [0.4, 0.5) is 5.69 Å². The lowest BCUT2D eigenvalue weighted by Gasteiger charge is -2.37. The average molecular weight is 448 g/mol. The zero-order valence-corrected chi connectivity index (χ0v) is 15.5. The second-order valence-corrected chi connectivity index (χ2v) is 8.72. The second kappa shape index (κ2) is 5.40. The highest BCUT2D eigenvalue weighted by Crippen LogP contribution is 2.65. The summed E-state index contributed by atoms with van der Waals surface area (Å²) >= 11 is 2.19.